The van der Waals surface area contributed by atoms with Gasteiger partial charge in [0.25, 0.3) is 5.56 Å². The molecule has 1 N–H and O–H groups in total. The lowest BCUT2D eigenvalue weighted by atomic mass is 9.94. The third-order valence-electron chi connectivity index (χ3n) is 6.29. The molecule has 1 fully saturated rings. The van der Waals surface area contributed by atoms with Crippen molar-refractivity contribution >= 4 is 21.7 Å². The first-order chi connectivity index (χ1) is 14.7. The highest BCUT2D eigenvalue weighted by molar-refractivity contribution is 6.06. The molecule has 2 aromatic heterocycles. The van der Waals surface area contributed by atoms with Gasteiger partial charge < -0.3 is 5.11 Å². The summed E-state index contributed by atoms with van der Waals surface area (Å²) in [4.78, 5) is 22.5. The molecule has 0 atom stereocenters. The van der Waals surface area contributed by atoms with Gasteiger partial charge in [-0.05, 0) is 47.9 Å². The standard InChI is InChI=1S/C25H25N3O2/c29-15-19-11-10-17(14-26-19)12-18-13-23-24(22-9-5-4-8-21(18)22)27-16-28(25(23)30)20-6-2-1-3-7-20/h4-5,8-11,13-14,16,20,29H,1-3,6-7,12,15H2. The Hall–Kier alpha value is -3.05. The van der Waals surface area contributed by atoms with E-state index < -0.39 is 0 Å². The lowest BCUT2D eigenvalue weighted by Crippen LogP contribution is -2.26. The molecule has 0 amide bonds. The van der Waals surface area contributed by atoms with Crippen molar-refractivity contribution in [1.82, 2.24) is 14.5 Å². The van der Waals surface area contributed by atoms with Crippen molar-refractivity contribution in [3.8, 4) is 0 Å². The van der Waals surface area contributed by atoms with Crippen LogP contribution in [0.1, 0.15) is 55.0 Å². The van der Waals surface area contributed by atoms with Gasteiger partial charge in [0.2, 0.25) is 0 Å². The van der Waals surface area contributed by atoms with Gasteiger partial charge in [0, 0.05) is 17.6 Å². The summed E-state index contributed by atoms with van der Waals surface area (Å²) in [5, 5.41) is 12.0. The lowest BCUT2D eigenvalue weighted by Gasteiger charge is -2.24. The van der Waals surface area contributed by atoms with E-state index in [4.69, 9.17) is 4.98 Å². The molecular formula is C25H25N3O2. The van der Waals surface area contributed by atoms with Crippen LogP contribution in [0.5, 0.6) is 0 Å². The Morgan fingerprint density at radius 2 is 1.77 bits per heavy atom. The molecule has 0 radical (unpaired) electrons. The Balaban J connectivity index is 1.66. The van der Waals surface area contributed by atoms with E-state index in [-0.39, 0.29) is 18.2 Å². The van der Waals surface area contributed by atoms with E-state index in [1.165, 1.54) is 19.3 Å². The first-order valence-electron chi connectivity index (χ1n) is 10.7. The summed E-state index contributed by atoms with van der Waals surface area (Å²) in [6.45, 7) is -0.0639. The molecular weight excluding hydrogens is 374 g/mol. The van der Waals surface area contributed by atoms with Crippen LogP contribution >= 0.6 is 0 Å². The summed E-state index contributed by atoms with van der Waals surface area (Å²) in [6, 6.07) is 14.3. The zero-order valence-electron chi connectivity index (χ0n) is 16.9. The summed E-state index contributed by atoms with van der Waals surface area (Å²) in [6.07, 6.45) is 9.94. The molecule has 0 unspecified atom stereocenters. The van der Waals surface area contributed by atoms with E-state index in [1.54, 1.807) is 12.5 Å². The van der Waals surface area contributed by atoms with Crippen molar-refractivity contribution in [2.75, 3.05) is 0 Å². The highest BCUT2D eigenvalue weighted by atomic mass is 16.3. The largest absolute Gasteiger partial charge is 0.390 e. The molecule has 2 aromatic carbocycles. The maximum Gasteiger partial charge on any atom is 0.261 e. The molecule has 1 aliphatic carbocycles. The lowest BCUT2D eigenvalue weighted by molar-refractivity contribution is 0.277. The van der Waals surface area contributed by atoms with Crippen LogP contribution in [-0.2, 0) is 13.0 Å². The van der Waals surface area contributed by atoms with Crippen LogP contribution in [0.25, 0.3) is 21.7 Å². The van der Waals surface area contributed by atoms with E-state index in [9.17, 15) is 9.90 Å². The molecule has 1 aliphatic rings. The van der Waals surface area contributed by atoms with Gasteiger partial charge in [-0.2, -0.15) is 0 Å². The molecule has 152 valence electrons. The molecule has 0 spiro atoms. The second kappa shape index (κ2) is 8.00. The predicted octanol–water partition coefficient (Wildman–Crippen LogP) is 4.53. The van der Waals surface area contributed by atoms with Gasteiger partial charge in [-0.1, -0.05) is 49.6 Å². The van der Waals surface area contributed by atoms with Gasteiger partial charge in [-0.25, -0.2) is 4.98 Å². The molecule has 0 aliphatic heterocycles. The highest BCUT2D eigenvalue weighted by Crippen LogP contribution is 2.30. The average molecular weight is 399 g/mol. The van der Waals surface area contributed by atoms with E-state index in [2.05, 4.69) is 11.1 Å². The van der Waals surface area contributed by atoms with Crippen molar-refractivity contribution in [3.05, 3.63) is 82.2 Å². The van der Waals surface area contributed by atoms with Crippen molar-refractivity contribution in [2.24, 2.45) is 0 Å². The van der Waals surface area contributed by atoms with Crippen molar-refractivity contribution in [3.63, 3.8) is 0 Å². The number of aromatic nitrogens is 3. The molecule has 5 rings (SSSR count). The van der Waals surface area contributed by atoms with Crippen LogP contribution in [0.2, 0.25) is 0 Å². The number of hydrogen-bond donors (Lipinski definition) is 1. The number of aliphatic hydroxyl groups excluding tert-OH is 1. The normalized spacial score (nSPS) is 15.1. The van der Waals surface area contributed by atoms with E-state index in [1.807, 2.05) is 41.0 Å². The summed E-state index contributed by atoms with van der Waals surface area (Å²) in [7, 11) is 0. The molecule has 1 saturated carbocycles. The molecule has 0 saturated heterocycles. The van der Waals surface area contributed by atoms with Crippen LogP contribution in [0.3, 0.4) is 0 Å². The van der Waals surface area contributed by atoms with Crippen molar-refractivity contribution in [2.45, 2.75) is 51.2 Å². The number of hydrogen-bond acceptors (Lipinski definition) is 4. The molecule has 5 heteroatoms. The highest BCUT2D eigenvalue weighted by Gasteiger charge is 2.19. The first kappa shape index (κ1) is 18.9. The number of nitrogens with zero attached hydrogens (tertiary/aromatic N) is 3. The summed E-state index contributed by atoms with van der Waals surface area (Å²) < 4.78 is 1.86. The SMILES string of the molecule is O=c1c2cc(Cc3ccc(CO)nc3)c3ccccc3c2ncn1C1CCCCC1. The second-order valence-electron chi connectivity index (χ2n) is 8.22. The van der Waals surface area contributed by atoms with Gasteiger partial charge in [-0.15, -0.1) is 0 Å². The average Bonchev–Trinajstić information content (AvgIpc) is 2.81. The van der Waals surface area contributed by atoms with E-state index in [0.717, 1.165) is 40.3 Å². The number of rotatable bonds is 4. The van der Waals surface area contributed by atoms with Gasteiger partial charge in [-0.3, -0.25) is 14.3 Å². The Kier molecular flexibility index (Phi) is 5.05. The van der Waals surface area contributed by atoms with Crippen LogP contribution in [0.15, 0.2) is 59.8 Å². The van der Waals surface area contributed by atoms with Gasteiger partial charge in [0.1, 0.15) is 0 Å². The van der Waals surface area contributed by atoms with Crippen LogP contribution in [0, 0.1) is 0 Å². The minimum atomic E-state index is -0.0639. The van der Waals surface area contributed by atoms with Gasteiger partial charge in [0.15, 0.2) is 0 Å². The maximum absolute atomic E-state index is 13.4. The summed E-state index contributed by atoms with van der Waals surface area (Å²) in [5.41, 5.74) is 3.64. The minimum Gasteiger partial charge on any atom is -0.390 e. The Morgan fingerprint density at radius 1 is 0.967 bits per heavy atom. The molecule has 2 heterocycles. The molecule has 0 bridgehead atoms. The quantitative estimate of drug-likeness (QED) is 0.512. The van der Waals surface area contributed by atoms with Crippen LogP contribution in [0.4, 0.5) is 0 Å². The smallest absolute Gasteiger partial charge is 0.261 e. The van der Waals surface area contributed by atoms with Crippen LogP contribution < -0.4 is 5.56 Å². The third-order valence-corrected chi connectivity index (χ3v) is 6.29. The third kappa shape index (κ3) is 3.39. The monoisotopic (exact) mass is 399 g/mol. The number of pyridine rings is 1. The molecule has 30 heavy (non-hydrogen) atoms. The van der Waals surface area contributed by atoms with Gasteiger partial charge >= 0.3 is 0 Å². The minimum absolute atomic E-state index is 0.0626. The fraction of sp³-hybridized carbons (Fsp3) is 0.320. The Labute approximate surface area is 175 Å². The zero-order valence-corrected chi connectivity index (χ0v) is 16.9. The second-order valence-corrected chi connectivity index (χ2v) is 8.22. The number of fused-ring (bicyclic) bond motifs is 3. The van der Waals surface area contributed by atoms with Crippen molar-refractivity contribution < 1.29 is 5.11 Å². The molecule has 5 nitrogen and oxygen atoms in total. The summed E-state index contributed by atoms with van der Waals surface area (Å²) >= 11 is 0. The predicted molar refractivity (Wildman–Crippen MR) is 119 cm³/mol. The fourth-order valence-electron chi connectivity index (χ4n) is 4.69. The van der Waals surface area contributed by atoms with Crippen molar-refractivity contribution in [1.29, 1.82) is 0 Å². The van der Waals surface area contributed by atoms with Crippen LogP contribution in [-0.4, -0.2) is 19.6 Å². The first-order valence-corrected chi connectivity index (χ1v) is 10.7. The fourth-order valence-corrected chi connectivity index (χ4v) is 4.69. The van der Waals surface area contributed by atoms with Gasteiger partial charge in [0.05, 0.1) is 29.5 Å². The van der Waals surface area contributed by atoms with E-state index >= 15 is 0 Å². The Bertz CT molecular complexity index is 1260. The molecule has 4 aromatic rings. The number of aliphatic hydroxyl groups is 1. The number of benzene rings is 2. The summed E-state index contributed by atoms with van der Waals surface area (Å²) in [5.74, 6) is 0. The topological polar surface area (TPSA) is 68.0 Å². The zero-order chi connectivity index (χ0) is 20.5. The Morgan fingerprint density at radius 3 is 2.50 bits per heavy atom. The van der Waals surface area contributed by atoms with E-state index in [0.29, 0.717) is 17.5 Å². The maximum atomic E-state index is 13.4.